The smallest absolute Gasteiger partial charge is 0.335 e. The summed E-state index contributed by atoms with van der Waals surface area (Å²) >= 11 is 0. The topological polar surface area (TPSA) is 107 Å². The molecule has 3 atom stereocenters. The van der Waals surface area contributed by atoms with Gasteiger partial charge in [-0.3, -0.25) is 4.79 Å². The SMILES string of the molecule is CCCCCC(C)C(=O)ON1C(=O)CC[C@@H]1/C=C/C[C@@H](C)CC#CCCC(O)(O)O. The molecule has 0 radical (unpaired) electrons. The van der Waals surface area contributed by atoms with Gasteiger partial charge >= 0.3 is 5.97 Å². The van der Waals surface area contributed by atoms with Crippen LogP contribution < -0.4 is 0 Å². The third kappa shape index (κ3) is 10.8. The van der Waals surface area contributed by atoms with Crippen molar-refractivity contribution in [2.24, 2.45) is 11.8 Å². The standard InChI is InChI=1S/C23H37NO6/c1-4-5-7-13-19(3)22(26)30-24-20(15-16-21(24)25)14-10-12-18(2)11-8-6-9-17-23(27,28)29/h10,14,18-20,27-29H,4-5,7,9,11-13,15-17H2,1-3H3/b14-10+/t18-,19?,20-/m0/s1. The first-order chi connectivity index (χ1) is 14.1. The number of carbonyl (C=O) groups excluding carboxylic acids is 2. The molecule has 1 aliphatic heterocycles. The molecule has 1 amide bonds. The maximum absolute atomic E-state index is 12.3. The lowest BCUT2D eigenvalue weighted by Crippen LogP contribution is -2.36. The van der Waals surface area contributed by atoms with Crippen LogP contribution >= 0.6 is 0 Å². The molecule has 7 heteroatoms. The second-order valence-corrected chi connectivity index (χ2v) is 8.23. The van der Waals surface area contributed by atoms with E-state index in [4.69, 9.17) is 20.2 Å². The van der Waals surface area contributed by atoms with Crippen LogP contribution in [-0.4, -0.2) is 44.3 Å². The van der Waals surface area contributed by atoms with Crippen molar-refractivity contribution in [3.05, 3.63) is 12.2 Å². The molecule has 1 fully saturated rings. The van der Waals surface area contributed by atoms with Gasteiger partial charge in [0.2, 0.25) is 0 Å². The molecule has 1 saturated heterocycles. The van der Waals surface area contributed by atoms with E-state index in [0.717, 1.165) is 32.1 Å². The minimum absolute atomic E-state index is 0.162. The minimum atomic E-state index is -2.66. The summed E-state index contributed by atoms with van der Waals surface area (Å²) in [5.74, 6) is 2.65. The van der Waals surface area contributed by atoms with Crippen molar-refractivity contribution in [2.75, 3.05) is 0 Å². The van der Waals surface area contributed by atoms with Gasteiger partial charge in [-0.05, 0) is 25.2 Å². The number of nitrogens with zero attached hydrogens (tertiary/aromatic N) is 1. The molecule has 0 aliphatic carbocycles. The Bertz CT molecular complexity index is 628. The Kier molecular flexibility index (Phi) is 11.7. The van der Waals surface area contributed by atoms with Crippen LogP contribution in [0.3, 0.4) is 0 Å². The summed E-state index contributed by atoms with van der Waals surface area (Å²) < 4.78 is 0. The molecule has 0 aromatic carbocycles. The Morgan fingerprint density at radius 2 is 2.03 bits per heavy atom. The Hall–Kier alpha value is -1.88. The van der Waals surface area contributed by atoms with Crippen molar-refractivity contribution in [1.29, 1.82) is 0 Å². The zero-order valence-electron chi connectivity index (χ0n) is 18.5. The Morgan fingerprint density at radius 1 is 1.30 bits per heavy atom. The van der Waals surface area contributed by atoms with Crippen LogP contribution in [0.2, 0.25) is 0 Å². The summed E-state index contributed by atoms with van der Waals surface area (Å²) in [6.45, 7) is 6.00. The minimum Gasteiger partial charge on any atom is -0.344 e. The third-order valence-corrected chi connectivity index (χ3v) is 5.09. The van der Waals surface area contributed by atoms with Crippen LogP contribution in [0.15, 0.2) is 12.2 Å². The number of hydrogen-bond acceptors (Lipinski definition) is 6. The lowest BCUT2D eigenvalue weighted by Gasteiger charge is -2.22. The van der Waals surface area contributed by atoms with Crippen LogP contribution in [0.5, 0.6) is 0 Å². The van der Waals surface area contributed by atoms with Gasteiger partial charge < -0.3 is 20.2 Å². The van der Waals surface area contributed by atoms with Gasteiger partial charge in [-0.15, -0.1) is 11.8 Å². The van der Waals surface area contributed by atoms with E-state index in [-0.39, 0.29) is 42.6 Å². The quantitative estimate of drug-likeness (QED) is 0.193. The first kappa shape index (κ1) is 26.2. The number of allylic oxidation sites excluding steroid dienone is 1. The summed E-state index contributed by atoms with van der Waals surface area (Å²) in [6, 6.07) is -0.227. The molecule has 7 nitrogen and oxygen atoms in total. The highest BCUT2D eigenvalue weighted by Crippen LogP contribution is 2.23. The Morgan fingerprint density at radius 3 is 2.70 bits per heavy atom. The number of aliphatic hydroxyl groups is 3. The molecule has 0 aromatic heterocycles. The molecule has 1 heterocycles. The van der Waals surface area contributed by atoms with Crippen LogP contribution in [0, 0.1) is 23.7 Å². The molecule has 1 unspecified atom stereocenters. The predicted octanol–water partition coefficient (Wildman–Crippen LogP) is 3.04. The number of carbonyl (C=O) groups is 2. The van der Waals surface area contributed by atoms with Crippen molar-refractivity contribution < 1.29 is 29.7 Å². The molecule has 3 N–H and O–H groups in total. The summed E-state index contributed by atoms with van der Waals surface area (Å²) in [5.41, 5.74) is 0. The van der Waals surface area contributed by atoms with Crippen molar-refractivity contribution in [2.45, 2.75) is 97.0 Å². The zero-order valence-corrected chi connectivity index (χ0v) is 18.5. The summed E-state index contributed by atoms with van der Waals surface area (Å²) in [4.78, 5) is 29.8. The summed E-state index contributed by atoms with van der Waals surface area (Å²) in [6.07, 6.45) is 10.2. The zero-order chi connectivity index (χ0) is 22.6. The highest BCUT2D eigenvalue weighted by molar-refractivity contribution is 5.81. The van der Waals surface area contributed by atoms with Crippen molar-refractivity contribution in [3.8, 4) is 11.8 Å². The van der Waals surface area contributed by atoms with Crippen LogP contribution in [0.1, 0.15) is 85.0 Å². The fraction of sp³-hybridized carbons (Fsp3) is 0.739. The molecule has 1 rings (SSSR count). The van der Waals surface area contributed by atoms with Gasteiger partial charge in [0.15, 0.2) is 0 Å². The van der Waals surface area contributed by atoms with Gasteiger partial charge in [0.1, 0.15) is 0 Å². The van der Waals surface area contributed by atoms with E-state index in [1.807, 2.05) is 26.0 Å². The molecule has 0 spiro atoms. The fourth-order valence-electron chi connectivity index (χ4n) is 3.10. The van der Waals surface area contributed by atoms with Crippen molar-refractivity contribution in [1.82, 2.24) is 5.06 Å². The van der Waals surface area contributed by atoms with Crippen LogP contribution in [-0.2, 0) is 14.4 Å². The van der Waals surface area contributed by atoms with E-state index in [1.54, 1.807) is 0 Å². The van der Waals surface area contributed by atoms with Crippen molar-refractivity contribution in [3.63, 3.8) is 0 Å². The van der Waals surface area contributed by atoms with Crippen LogP contribution in [0.4, 0.5) is 0 Å². The van der Waals surface area contributed by atoms with E-state index in [0.29, 0.717) is 19.3 Å². The van der Waals surface area contributed by atoms with E-state index in [1.165, 1.54) is 5.06 Å². The number of hydrogen-bond donors (Lipinski definition) is 3. The van der Waals surface area contributed by atoms with Gasteiger partial charge in [-0.1, -0.05) is 52.2 Å². The second kappa shape index (κ2) is 13.4. The third-order valence-electron chi connectivity index (χ3n) is 5.09. The largest absolute Gasteiger partial charge is 0.344 e. The fourth-order valence-corrected chi connectivity index (χ4v) is 3.10. The molecular formula is C23H37NO6. The normalized spacial score (nSPS) is 18.9. The van der Waals surface area contributed by atoms with Crippen LogP contribution in [0.25, 0.3) is 0 Å². The van der Waals surface area contributed by atoms with Gasteiger partial charge in [-0.2, -0.15) is 5.06 Å². The molecule has 0 aromatic rings. The van der Waals surface area contributed by atoms with Gasteiger partial charge in [0.05, 0.1) is 12.0 Å². The summed E-state index contributed by atoms with van der Waals surface area (Å²) in [5, 5.41) is 27.6. The molecule has 0 saturated carbocycles. The van der Waals surface area contributed by atoms with Gasteiger partial charge in [0, 0.05) is 25.7 Å². The highest BCUT2D eigenvalue weighted by Gasteiger charge is 2.33. The second-order valence-electron chi connectivity index (χ2n) is 8.23. The van der Waals surface area contributed by atoms with E-state index in [2.05, 4.69) is 18.8 Å². The first-order valence-corrected chi connectivity index (χ1v) is 11.0. The highest BCUT2D eigenvalue weighted by atomic mass is 16.7. The van der Waals surface area contributed by atoms with Crippen molar-refractivity contribution >= 4 is 11.9 Å². The number of hydroxylamine groups is 2. The lowest BCUT2D eigenvalue weighted by molar-refractivity contribution is -0.313. The monoisotopic (exact) mass is 423 g/mol. The van der Waals surface area contributed by atoms with E-state index in [9.17, 15) is 9.59 Å². The number of rotatable bonds is 12. The van der Waals surface area contributed by atoms with Gasteiger partial charge in [0.25, 0.3) is 11.9 Å². The predicted molar refractivity (Wildman–Crippen MR) is 113 cm³/mol. The molecule has 170 valence electrons. The van der Waals surface area contributed by atoms with Gasteiger partial charge in [-0.25, -0.2) is 4.79 Å². The number of amides is 1. The molecule has 30 heavy (non-hydrogen) atoms. The number of unbranched alkanes of at least 4 members (excludes halogenated alkanes) is 2. The Labute approximate surface area is 180 Å². The average Bonchev–Trinajstić information content (AvgIpc) is 3.00. The average molecular weight is 424 g/mol. The molecule has 1 aliphatic rings. The lowest BCUT2D eigenvalue weighted by atomic mass is 10.0. The Balaban J connectivity index is 2.43. The van der Waals surface area contributed by atoms with E-state index < -0.39 is 5.97 Å². The maximum Gasteiger partial charge on any atom is 0.335 e. The maximum atomic E-state index is 12.3. The first-order valence-electron chi connectivity index (χ1n) is 11.0. The van der Waals surface area contributed by atoms with E-state index >= 15 is 0 Å². The molecular weight excluding hydrogens is 386 g/mol. The summed E-state index contributed by atoms with van der Waals surface area (Å²) in [7, 11) is 0. The molecule has 0 bridgehead atoms.